The molecule has 5 heteroatoms. The lowest BCUT2D eigenvalue weighted by molar-refractivity contribution is -0.135. The van der Waals surface area contributed by atoms with E-state index in [9.17, 15) is 9.59 Å². The molecule has 5 nitrogen and oxygen atoms in total. The third-order valence-electron chi connectivity index (χ3n) is 5.55. The van der Waals surface area contributed by atoms with E-state index in [2.05, 4.69) is 10.3 Å². The molecule has 0 spiro atoms. The lowest BCUT2D eigenvalue weighted by Gasteiger charge is -2.31. The van der Waals surface area contributed by atoms with Gasteiger partial charge < -0.3 is 10.2 Å². The molecular weight excluding hydrogens is 314 g/mol. The van der Waals surface area contributed by atoms with Gasteiger partial charge in [0.15, 0.2) is 0 Å². The summed E-state index contributed by atoms with van der Waals surface area (Å²) >= 11 is 0. The molecule has 1 unspecified atom stereocenters. The van der Waals surface area contributed by atoms with Crippen LogP contribution >= 0.6 is 0 Å². The van der Waals surface area contributed by atoms with Crippen LogP contribution in [0.5, 0.6) is 0 Å². The summed E-state index contributed by atoms with van der Waals surface area (Å²) in [7, 11) is 0. The number of carbonyl (C=O) groups excluding carboxylic acids is 2. The number of pyridine rings is 1. The van der Waals surface area contributed by atoms with E-state index in [1.54, 1.807) is 12.4 Å². The number of hydrogen-bond donors (Lipinski definition) is 1. The Morgan fingerprint density at radius 2 is 1.84 bits per heavy atom. The average molecular weight is 343 g/mol. The summed E-state index contributed by atoms with van der Waals surface area (Å²) in [4.78, 5) is 31.4. The summed E-state index contributed by atoms with van der Waals surface area (Å²) < 4.78 is 0. The summed E-state index contributed by atoms with van der Waals surface area (Å²) in [5, 5.41) is 2.94. The summed E-state index contributed by atoms with van der Waals surface area (Å²) in [6, 6.07) is 3.96. The lowest BCUT2D eigenvalue weighted by Crippen LogP contribution is -2.41. The molecule has 2 fully saturated rings. The molecule has 1 aliphatic carbocycles. The zero-order valence-corrected chi connectivity index (χ0v) is 15.0. The topological polar surface area (TPSA) is 62.3 Å². The summed E-state index contributed by atoms with van der Waals surface area (Å²) in [5.74, 6) is 0.586. The van der Waals surface area contributed by atoms with E-state index < -0.39 is 0 Å². The SMILES string of the molecule is O=C1CCN(C(=O)C(c2ccncc2)C2CCCC2)CCCCCN1. The third kappa shape index (κ3) is 4.80. The molecule has 2 amide bonds. The van der Waals surface area contributed by atoms with Crippen molar-refractivity contribution in [3.8, 4) is 0 Å². The maximum absolute atomic E-state index is 13.4. The second-order valence-electron chi connectivity index (χ2n) is 7.29. The van der Waals surface area contributed by atoms with Crippen LogP contribution in [0.15, 0.2) is 24.5 Å². The minimum Gasteiger partial charge on any atom is -0.356 e. The van der Waals surface area contributed by atoms with Gasteiger partial charge in [-0.1, -0.05) is 12.8 Å². The van der Waals surface area contributed by atoms with Crippen LogP contribution in [0.25, 0.3) is 0 Å². The number of nitrogens with one attached hydrogen (secondary N) is 1. The normalized spacial score (nSPS) is 21.6. The number of hydrogen-bond acceptors (Lipinski definition) is 3. The smallest absolute Gasteiger partial charge is 0.230 e. The molecule has 0 radical (unpaired) electrons. The van der Waals surface area contributed by atoms with Crippen molar-refractivity contribution in [3.05, 3.63) is 30.1 Å². The Morgan fingerprint density at radius 3 is 2.60 bits per heavy atom. The molecule has 1 aromatic heterocycles. The van der Waals surface area contributed by atoms with E-state index in [1.807, 2.05) is 17.0 Å². The first-order valence-electron chi connectivity index (χ1n) is 9.71. The molecule has 1 atom stereocenters. The highest BCUT2D eigenvalue weighted by atomic mass is 16.2. The highest BCUT2D eigenvalue weighted by Crippen LogP contribution is 2.38. The van der Waals surface area contributed by atoms with E-state index in [0.717, 1.165) is 50.8 Å². The maximum atomic E-state index is 13.4. The number of aromatic nitrogens is 1. The molecule has 0 bridgehead atoms. The zero-order valence-electron chi connectivity index (χ0n) is 15.0. The first-order chi connectivity index (χ1) is 12.3. The van der Waals surface area contributed by atoms with Gasteiger partial charge in [0, 0.05) is 38.4 Å². The molecule has 1 aromatic rings. The Morgan fingerprint density at radius 1 is 1.08 bits per heavy atom. The Kier molecular flexibility index (Phi) is 6.42. The number of carbonyl (C=O) groups is 2. The van der Waals surface area contributed by atoms with Crippen LogP contribution in [-0.4, -0.2) is 41.3 Å². The third-order valence-corrected chi connectivity index (χ3v) is 5.55. The van der Waals surface area contributed by atoms with Crippen LogP contribution in [0.3, 0.4) is 0 Å². The minimum atomic E-state index is -0.0866. The van der Waals surface area contributed by atoms with Crippen molar-refractivity contribution in [1.29, 1.82) is 0 Å². The molecule has 1 N–H and O–H groups in total. The van der Waals surface area contributed by atoms with Crippen molar-refractivity contribution in [3.63, 3.8) is 0 Å². The van der Waals surface area contributed by atoms with Gasteiger partial charge >= 0.3 is 0 Å². The second-order valence-corrected chi connectivity index (χ2v) is 7.29. The van der Waals surface area contributed by atoms with Gasteiger partial charge in [-0.2, -0.15) is 0 Å². The quantitative estimate of drug-likeness (QED) is 0.918. The zero-order chi connectivity index (χ0) is 17.5. The van der Waals surface area contributed by atoms with Crippen molar-refractivity contribution in [1.82, 2.24) is 15.2 Å². The predicted octanol–water partition coefficient (Wildman–Crippen LogP) is 2.87. The van der Waals surface area contributed by atoms with Crippen molar-refractivity contribution in [2.45, 2.75) is 57.3 Å². The molecule has 1 saturated heterocycles. The number of amides is 2. The standard InChI is InChI=1S/C20H29N3O2/c24-18-10-15-23(14-5-1-4-11-22-18)20(25)19(16-6-2-3-7-16)17-8-12-21-13-9-17/h8-9,12-13,16,19H,1-7,10-11,14-15H2,(H,22,24). The Bertz CT molecular complexity index is 570. The first-order valence-corrected chi connectivity index (χ1v) is 9.71. The fraction of sp³-hybridized carbons (Fsp3) is 0.650. The van der Waals surface area contributed by atoms with E-state index >= 15 is 0 Å². The van der Waals surface area contributed by atoms with Crippen molar-refractivity contribution >= 4 is 11.8 Å². The molecule has 1 saturated carbocycles. The van der Waals surface area contributed by atoms with Crippen LogP contribution in [0.2, 0.25) is 0 Å². The molecule has 136 valence electrons. The Hall–Kier alpha value is -1.91. The predicted molar refractivity (Wildman–Crippen MR) is 97.0 cm³/mol. The maximum Gasteiger partial charge on any atom is 0.230 e. The molecule has 2 heterocycles. The number of nitrogens with zero attached hydrogens (tertiary/aromatic N) is 2. The highest BCUT2D eigenvalue weighted by molar-refractivity contribution is 5.85. The Labute approximate surface area is 150 Å². The van der Waals surface area contributed by atoms with Crippen LogP contribution in [0.1, 0.15) is 62.8 Å². The minimum absolute atomic E-state index is 0.0565. The van der Waals surface area contributed by atoms with Gasteiger partial charge in [-0.3, -0.25) is 14.6 Å². The van der Waals surface area contributed by atoms with Gasteiger partial charge in [0.1, 0.15) is 0 Å². The van der Waals surface area contributed by atoms with E-state index in [0.29, 0.717) is 18.9 Å². The van der Waals surface area contributed by atoms with Crippen LogP contribution in [-0.2, 0) is 9.59 Å². The van der Waals surface area contributed by atoms with Crippen molar-refractivity contribution in [2.24, 2.45) is 5.92 Å². The summed E-state index contributed by atoms with van der Waals surface area (Å²) in [5.41, 5.74) is 1.08. The van der Waals surface area contributed by atoms with Crippen molar-refractivity contribution < 1.29 is 9.59 Å². The second kappa shape index (κ2) is 8.97. The van der Waals surface area contributed by atoms with Crippen LogP contribution < -0.4 is 5.32 Å². The highest BCUT2D eigenvalue weighted by Gasteiger charge is 2.34. The molecule has 25 heavy (non-hydrogen) atoms. The van der Waals surface area contributed by atoms with Gasteiger partial charge in [-0.05, 0) is 55.7 Å². The van der Waals surface area contributed by atoms with Gasteiger partial charge in [0.25, 0.3) is 0 Å². The van der Waals surface area contributed by atoms with Crippen LogP contribution in [0.4, 0.5) is 0 Å². The van der Waals surface area contributed by atoms with E-state index in [4.69, 9.17) is 0 Å². The first kappa shape index (κ1) is 17.9. The Balaban J connectivity index is 1.78. The average Bonchev–Trinajstić information content (AvgIpc) is 3.16. The summed E-state index contributed by atoms with van der Waals surface area (Å²) in [6.45, 7) is 2.05. The van der Waals surface area contributed by atoms with Crippen molar-refractivity contribution in [2.75, 3.05) is 19.6 Å². The van der Waals surface area contributed by atoms with Gasteiger partial charge in [0.2, 0.25) is 11.8 Å². The van der Waals surface area contributed by atoms with E-state index in [-0.39, 0.29) is 17.7 Å². The largest absolute Gasteiger partial charge is 0.356 e. The van der Waals surface area contributed by atoms with Gasteiger partial charge in [0.05, 0.1) is 5.92 Å². The lowest BCUT2D eigenvalue weighted by atomic mass is 9.84. The summed E-state index contributed by atoms with van der Waals surface area (Å²) in [6.07, 6.45) is 11.7. The van der Waals surface area contributed by atoms with E-state index in [1.165, 1.54) is 12.8 Å². The molecule has 1 aliphatic heterocycles. The monoisotopic (exact) mass is 343 g/mol. The number of rotatable bonds is 3. The van der Waals surface area contributed by atoms with Gasteiger partial charge in [-0.25, -0.2) is 0 Å². The van der Waals surface area contributed by atoms with Crippen LogP contribution in [0, 0.1) is 5.92 Å². The molecule has 2 aliphatic rings. The van der Waals surface area contributed by atoms with Gasteiger partial charge in [-0.15, -0.1) is 0 Å². The molecular formula is C20H29N3O2. The molecule has 3 rings (SSSR count). The molecule has 0 aromatic carbocycles. The fourth-order valence-electron chi connectivity index (χ4n) is 4.16. The fourth-order valence-corrected chi connectivity index (χ4v) is 4.16.